The van der Waals surface area contributed by atoms with Crippen LogP contribution in [-0.4, -0.2) is 102 Å². The molecule has 0 saturated carbocycles. The summed E-state index contributed by atoms with van der Waals surface area (Å²) in [6.07, 6.45) is 9.94. The zero-order chi connectivity index (χ0) is 38.6. The molecule has 6 rings (SSSR count). The third-order valence-electron chi connectivity index (χ3n) is 10.8. The van der Waals surface area contributed by atoms with Gasteiger partial charge >= 0.3 is 0 Å². The molecule has 2 fully saturated rings. The lowest BCUT2D eigenvalue weighted by Gasteiger charge is -2.37. The van der Waals surface area contributed by atoms with E-state index in [9.17, 15) is 19.2 Å². The number of halogens is 2. The van der Waals surface area contributed by atoms with Gasteiger partial charge in [0, 0.05) is 51.9 Å². The molecule has 54 heavy (non-hydrogen) atoms. The number of carbonyl (C=O) groups is 4. The van der Waals surface area contributed by atoms with E-state index in [1.165, 1.54) is 0 Å². The SMILES string of the molecule is Nc1nc(N)c(C(=O)NC2=NC3(CC2)CCN(C(=O)CCCCCCC(=O)N2CCC4(CCC(NC(=O)c5nc(Cl)c(N)nc5N)=N4)CC2)CC3)nc1Cl. The van der Waals surface area contributed by atoms with Crippen molar-refractivity contribution < 1.29 is 19.2 Å². The van der Waals surface area contributed by atoms with Crippen LogP contribution in [0.3, 0.4) is 0 Å². The fraction of sp³-hybridized carbons (Fsp3) is 0.588. The summed E-state index contributed by atoms with van der Waals surface area (Å²) in [6, 6.07) is 0. The van der Waals surface area contributed by atoms with Gasteiger partial charge in [0.2, 0.25) is 11.8 Å². The number of carbonyl (C=O) groups excluding carboxylic acids is 4. The number of rotatable bonds is 9. The number of piperidine rings is 2. The summed E-state index contributed by atoms with van der Waals surface area (Å²) in [4.78, 5) is 80.5. The van der Waals surface area contributed by atoms with Crippen molar-refractivity contribution in [2.45, 2.75) is 101 Å². The minimum absolute atomic E-state index is 0.0473. The number of unbranched alkanes of at least 4 members (excludes halogenated alkanes) is 3. The molecule has 290 valence electrons. The number of likely N-dealkylation sites (tertiary alicyclic amines) is 2. The Morgan fingerprint density at radius 2 is 0.926 bits per heavy atom. The number of amidine groups is 2. The highest BCUT2D eigenvalue weighted by Gasteiger charge is 2.41. The second-order valence-electron chi connectivity index (χ2n) is 14.4. The highest BCUT2D eigenvalue weighted by molar-refractivity contribution is 6.32. The van der Waals surface area contributed by atoms with Crippen molar-refractivity contribution in [1.29, 1.82) is 0 Å². The molecule has 6 heterocycles. The molecule has 0 atom stereocenters. The molecule has 0 radical (unpaired) electrons. The number of aromatic nitrogens is 4. The van der Waals surface area contributed by atoms with Crippen molar-refractivity contribution in [3.63, 3.8) is 0 Å². The second kappa shape index (κ2) is 16.3. The van der Waals surface area contributed by atoms with Gasteiger partial charge in [0.1, 0.15) is 11.7 Å². The number of nitrogens with two attached hydrogens (primary N) is 4. The van der Waals surface area contributed by atoms with E-state index in [1.807, 2.05) is 9.80 Å². The first-order valence-corrected chi connectivity index (χ1v) is 19.0. The largest absolute Gasteiger partial charge is 0.382 e. The summed E-state index contributed by atoms with van der Waals surface area (Å²) in [5.41, 5.74) is 22.0. The zero-order valence-corrected chi connectivity index (χ0v) is 31.5. The summed E-state index contributed by atoms with van der Waals surface area (Å²) in [5.74, 6) is -0.00921. The number of amides is 4. The summed E-state index contributed by atoms with van der Waals surface area (Å²) in [6.45, 7) is 2.47. The maximum atomic E-state index is 13.0. The van der Waals surface area contributed by atoms with Gasteiger partial charge in [0.05, 0.1) is 11.1 Å². The molecule has 10 N–H and O–H groups in total. The van der Waals surface area contributed by atoms with E-state index < -0.39 is 11.8 Å². The number of hydrogen-bond acceptors (Lipinski definition) is 14. The minimum Gasteiger partial charge on any atom is -0.382 e. The monoisotopic (exact) mass is 784 g/mol. The van der Waals surface area contributed by atoms with Gasteiger partial charge in [-0.15, -0.1) is 0 Å². The molecule has 18 nitrogen and oxygen atoms in total. The second-order valence-corrected chi connectivity index (χ2v) is 15.1. The minimum atomic E-state index is -0.542. The van der Waals surface area contributed by atoms with Crippen LogP contribution in [0.2, 0.25) is 10.3 Å². The molecule has 20 heteroatoms. The Hall–Kier alpha value is -4.84. The van der Waals surface area contributed by atoms with E-state index in [0.29, 0.717) is 63.5 Å². The van der Waals surface area contributed by atoms with Crippen LogP contribution in [-0.2, 0) is 9.59 Å². The number of aliphatic imine (C=N–C) groups is 2. The third kappa shape index (κ3) is 8.92. The number of nitrogens with one attached hydrogen (secondary N) is 2. The number of anilines is 4. The number of nitrogen functional groups attached to an aromatic ring is 4. The maximum Gasteiger partial charge on any atom is 0.279 e. The van der Waals surface area contributed by atoms with Crippen LogP contribution in [0.15, 0.2) is 9.98 Å². The normalized spacial score (nSPS) is 18.8. The molecule has 4 aliphatic heterocycles. The summed E-state index contributed by atoms with van der Waals surface area (Å²) >= 11 is 11.8. The fourth-order valence-electron chi connectivity index (χ4n) is 7.57. The Labute approximate surface area is 322 Å². The Morgan fingerprint density at radius 3 is 1.30 bits per heavy atom. The van der Waals surface area contributed by atoms with Crippen molar-refractivity contribution in [3.05, 3.63) is 21.7 Å². The van der Waals surface area contributed by atoms with Gasteiger partial charge in [-0.3, -0.25) is 29.2 Å². The smallest absolute Gasteiger partial charge is 0.279 e. The maximum absolute atomic E-state index is 13.0. The van der Waals surface area contributed by atoms with Crippen LogP contribution in [0.1, 0.15) is 111 Å². The predicted molar refractivity (Wildman–Crippen MR) is 205 cm³/mol. The van der Waals surface area contributed by atoms with Gasteiger partial charge in [-0.05, 0) is 51.4 Å². The van der Waals surface area contributed by atoms with Crippen LogP contribution >= 0.6 is 23.2 Å². The van der Waals surface area contributed by atoms with Crippen LogP contribution in [0.4, 0.5) is 23.3 Å². The molecule has 0 aliphatic carbocycles. The lowest BCUT2D eigenvalue weighted by atomic mass is 9.86. The van der Waals surface area contributed by atoms with Crippen molar-refractivity contribution in [3.8, 4) is 0 Å². The highest BCUT2D eigenvalue weighted by Crippen LogP contribution is 2.37. The van der Waals surface area contributed by atoms with Gasteiger partial charge in [-0.1, -0.05) is 36.0 Å². The summed E-state index contributed by atoms with van der Waals surface area (Å²) in [7, 11) is 0. The van der Waals surface area contributed by atoms with E-state index in [0.717, 1.165) is 64.2 Å². The van der Waals surface area contributed by atoms with Crippen molar-refractivity contribution in [1.82, 2.24) is 40.4 Å². The average molecular weight is 786 g/mol. The van der Waals surface area contributed by atoms with Gasteiger partial charge in [-0.2, -0.15) is 0 Å². The van der Waals surface area contributed by atoms with Gasteiger partial charge in [-0.25, -0.2) is 19.9 Å². The molecule has 2 aromatic rings. The van der Waals surface area contributed by atoms with Crippen LogP contribution in [0, 0.1) is 0 Å². The molecule has 0 unspecified atom stereocenters. The lowest BCUT2D eigenvalue weighted by molar-refractivity contribution is -0.133. The molecule has 2 aromatic heterocycles. The average Bonchev–Trinajstić information content (AvgIpc) is 3.72. The Bertz CT molecular complexity index is 1740. The van der Waals surface area contributed by atoms with E-state index in [1.54, 1.807) is 0 Å². The molecular formula is C34H46Cl2N14O4. The topological polar surface area (TPSA) is 279 Å². The van der Waals surface area contributed by atoms with E-state index >= 15 is 0 Å². The molecule has 4 amide bonds. The summed E-state index contributed by atoms with van der Waals surface area (Å²) < 4.78 is 0. The zero-order valence-electron chi connectivity index (χ0n) is 30.0. The van der Waals surface area contributed by atoms with Crippen molar-refractivity contribution >= 4 is 81.8 Å². The summed E-state index contributed by atoms with van der Waals surface area (Å²) in [5, 5.41) is 5.37. The highest BCUT2D eigenvalue weighted by atomic mass is 35.5. The van der Waals surface area contributed by atoms with Crippen molar-refractivity contribution in [2.75, 3.05) is 49.1 Å². The third-order valence-corrected chi connectivity index (χ3v) is 11.3. The first-order chi connectivity index (χ1) is 25.8. The quantitative estimate of drug-likeness (QED) is 0.200. The van der Waals surface area contributed by atoms with Gasteiger partial charge in [0.15, 0.2) is 45.0 Å². The van der Waals surface area contributed by atoms with Crippen molar-refractivity contribution in [2.24, 2.45) is 9.98 Å². The van der Waals surface area contributed by atoms with Crippen LogP contribution < -0.4 is 33.6 Å². The van der Waals surface area contributed by atoms with E-state index in [-0.39, 0.29) is 67.9 Å². The van der Waals surface area contributed by atoms with Crippen LogP contribution in [0.5, 0.6) is 0 Å². The van der Waals surface area contributed by atoms with E-state index in [2.05, 4.69) is 30.6 Å². The molecule has 2 spiro atoms. The van der Waals surface area contributed by atoms with E-state index in [4.69, 9.17) is 56.1 Å². The molecule has 0 bridgehead atoms. The molecular weight excluding hydrogens is 739 g/mol. The molecule has 4 aliphatic rings. The van der Waals surface area contributed by atoms with Crippen LogP contribution in [0.25, 0.3) is 0 Å². The first-order valence-electron chi connectivity index (χ1n) is 18.3. The van der Waals surface area contributed by atoms with Gasteiger partial charge < -0.3 is 43.4 Å². The Morgan fingerprint density at radius 1 is 0.556 bits per heavy atom. The Kier molecular flexibility index (Phi) is 11.7. The standard InChI is InChI=1S/C34H46Cl2N14O4/c35-25-29(39)45-27(37)23(43-25)31(53)41-19-7-9-33(47-19)11-15-49(16-12-33)21(51)5-3-1-2-4-6-22(52)50-17-13-34(14-18-50)10-8-20(48-34)42-32(54)24-28(38)46-30(40)26(36)44-24/h1-18H2,(H4,37,39,45)(H4,38,40,46)(H,41,47,53)(H,42,48,54). The predicted octanol–water partition coefficient (Wildman–Crippen LogP) is 2.51. The number of hydrogen-bond donors (Lipinski definition) is 6. The fourth-order valence-corrected chi connectivity index (χ4v) is 7.82. The number of nitrogens with zero attached hydrogens (tertiary/aromatic N) is 8. The molecule has 0 aromatic carbocycles. The first kappa shape index (κ1) is 38.9. The Balaban J connectivity index is 0.845. The van der Waals surface area contributed by atoms with Gasteiger partial charge in [0.25, 0.3) is 11.8 Å². The lowest BCUT2D eigenvalue weighted by Crippen LogP contribution is -2.45. The molecule has 2 saturated heterocycles.